The maximum absolute atomic E-state index is 12.3. The van der Waals surface area contributed by atoms with Crippen molar-refractivity contribution in [3.8, 4) is 0 Å². The smallest absolute Gasteiger partial charge is 0.231 e. The molecule has 1 N–H and O–H groups in total. The molecule has 100 valence electrons. The minimum atomic E-state index is -0.00932. The molecule has 1 amide bonds. The van der Waals surface area contributed by atoms with Crippen LogP contribution in [-0.2, 0) is 11.2 Å². The van der Waals surface area contributed by atoms with Gasteiger partial charge in [0.05, 0.1) is 0 Å². The van der Waals surface area contributed by atoms with Gasteiger partial charge in [0, 0.05) is 29.7 Å². The molecule has 1 aromatic rings. The predicted octanol–water partition coefficient (Wildman–Crippen LogP) is 2.51. The number of fused-ring (bicyclic) bond motifs is 1. The molecule has 0 saturated carbocycles. The maximum atomic E-state index is 12.3. The second kappa shape index (κ2) is 6.41. The van der Waals surface area contributed by atoms with Gasteiger partial charge in [0.2, 0.25) is 5.91 Å². The zero-order valence-corrected chi connectivity index (χ0v) is 12.1. The van der Waals surface area contributed by atoms with Gasteiger partial charge in [0.1, 0.15) is 0 Å². The van der Waals surface area contributed by atoms with E-state index in [-0.39, 0.29) is 24.2 Å². The summed E-state index contributed by atoms with van der Waals surface area (Å²) in [5.41, 5.74) is 2.07. The molecular weight excluding hydrogens is 271 g/mol. The third-order valence-corrected chi connectivity index (χ3v) is 3.52. The lowest BCUT2D eigenvalue weighted by Gasteiger charge is -2.21. The molecule has 1 aromatic carbocycles. The fourth-order valence-electron chi connectivity index (χ4n) is 2.28. The van der Waals surface area contributed by atoms with Crippen LogP contribution < -0.4 is 10.2 Å². The number of benzene rings is 1. The summed E-state index contributed by atoms with van der Waals surface area (Å²) in [5, 5.41) is 3.80. The Balaban J connectivity index is 0.00000162. The molecule has 0 radical (unpaired) electrons. The first-order valence-electron chi connectivity index (χ1n) is 5.88. The molecule has 0 aliphatic carbocycles. The first-order valence-corrected chi connectivity index (χ1v) is 6.26. The van der Waals surface area contributed by atoms with Crippen LogP contribution in [-0.4, -0.2) is 26.0 Å². The average Bonchev–Trinajstić information content (AvgIpc) is 2.73. The van der Waals surface area contributed by atoms with E-state index < -0.39 is 0 Å². The van der Waals surface area contributed by atoms with Crippen molar-refractivity contribution in [2.45, 2.75) is 13.3 Å². The van der Waals surface area contributed by atoms with E-state index >= 15 is 0 Å². The van der Waals surface area contributed by atoms with Gasteiger partial charge in [-0.05, 0) is 31.2 Å². The molecule has 5 heteroatoms. The molecule has 0 spiro atoms. The second-order valence-corrected chi connectivity index (χ2v) is 4.84. The number of amides is 1. The van der Waals surface area contributed by atoms with Crippen LogP contribution in [0.4, 0.5) is 5.69 Å². The van der Waals surface area contributed by atoms with Crippen molar-refractivity contribution >= 4 is 35.6 Å². The highest BCUT2D eigenvalue weighted by Gasteiger charge is 2.28. The van der Waals surface area contributed by atoms with Crippen molar-refractivity contribution in [2.24, 2.45) is 5.92 Å². The van der Waals surface area contributed by atoms with Gasteiger partial charge < -0.3 is 10.2 Å². The largest absolute Gasteiger partial charge is 0.319 e. The van der Waals surface area contributed by atoms with Gasteiger partial charge in [-0.25, -0.2) is 0 Å². The van der Waals surface area contributed by atoms with E-state index in [0.29, 0.717) is 6.54 Å². The predicted molar refractivity (Wildman–Crippen MR) is 77.8 cm³/mol. The van der Waals surface area contributed by atoms with Gasteiger partial charge in [-0.1, -0.05) is 24.6 Å². The molecule has 1 atom stereocenters. The van der Waals surface area contributed by atoms with Crippen molar-refractivity contribution in [3.05, 3.63) is 28.8 Å². The fourth-order valence-corrected chi connectivity index (χ4v) is 2.54. The summed E-state index contributed by atoms with van der Waals surface area (Å²) in [6, 6.07) is 5.75. The molecule has 0 bridgehead atoms. The molecule has 18 heavy (non-hydrogen) atoms. The monoisotopic (exact) mass is 288 g/mol. The summed E-state index contributed by atoms with van der Waals surface area (Å²) in [7, 11) is 1.86. The highest BCUT2D eigenvalue weighted by Crippen LogP contribution is 2.33. The van der Waals surface area contributed by atoms with Crippen molar-refractivity contribution in [3.63, 3.8) is 0 Å². The zero-order chi connectivity index (χ0) is 12.4. The number of carbonyl (C=O) groups is 1. The molecule has 1 aliphatic heterocycles. The highest BCUT2D eigenvalue weighted by atomic mass is 35.5. The first kappa shape index (κ1) is 15.3. The fraction of sp³-hybridized carbons (Fsp3) is 0.462. The van der Waals surface area contributed by atoms with Gasteiger partial charge >= 0.3 is 0 Å². The number of rotatable bonds is 3. The minimum absolute atomic E-state index is 0. The second-order valence-electron chi connectivity index (χ2n) is 4.44. The van der Waals surface area contributed by atoms with E-state index in [1.165, 1.54) is 0 Å². The van der Waals surface area contributed by atoms with E-state index in [0.717, 1.165) is 29.2 Å². The Hall–Kier alpha value is -0.770. The lowest BCUT2D eigenvalue weighted by molar-refractivity contribution is -0.121. The molecule has 1 aliphatic rings. The van der Waals surface area contributed by atoms with Crippen LogP contribution in [0, 0.1) is 5.92 Å². The van der Waals surface area contributed by atoms with Crippen molar-refractivity contribution in [1.29, 1.82) is 0 Å². The Labute approximate surface area is 119 Å². The Bertz CT molecular complexity index is 437. The van der Waals surface area contributed by atoms with E-state index in [1.807, 2.05) is 37.1 Å². The Morgan fingerprint density at radius 1 is 1.56 bits per heavy atom. The SMILES string of the molecule is CNCC(C)C(=O)N1CCc2c(Cl)cccc21.Cl. The Kier molecular flexibility index (Phi) is 5.45. The first-order chi connectivity index (χ1) is 8.15. The standard InChI is InChI=1S/C13H17ClN2O.ClH/c1-9(8-15-2)13(17)16-7-6-10-11(14)4-3-5-12(10)16;/h3-5,9,15H,6-8H2,1-2H3;1H. The van der Waals surface area contributed by atoms with Crippen LogP contribution >= 0.6 is 24.0 Å². The average molecular weight is 289 g/mol. The molecule has 0 fully saturated rings. The summed E-state index contributed by atoms with van der Waals surface area (Å²) >= 11 is 6.13. The van der Waals surface area contributed by atoms with E-state index in [2.05, 4.69) is 5.32 Å². The summed E-state index contributed by atoms with van der Waals surface area (Å²) in [4.78, 5) is 14.1. The quantitative estimate of drug-likeness (QED) is 0.927. The molecule has 0 saturated heterocycles. The van der Waals surface area contributed by atoms with Crippen molar-refractivity contribution < 1.29 is 4.79 Å². The molecular formula is C13H18Cl2N2O. The summed E-state index contributed by atoms with van der Waals surface area (Å²) in [6.45, 7) is 3.39. The van der Waals surface area contributed by atoms with Crippen LogP contribution in [0.2, 0.25) is 5.02 Å². The van der Waals surface area contributed by atoms with E-state index in [9.17, 15) is 4.79 Å². The van der Waals surface area contributed by atoms with E-state index in [4.69, 9.17) is 11.6 Å². The lowest BCUT2D eigenvalue weighted by atomic mass is 10.1. The molecule has 0 aromatic heterocycles. The van der Waals surface area contributed by atoms with Crippen LogP contribution in [0.3, 0.4) is 0 Å². The van der Waals surface area contributed by atoms with Gasteiger partial charge in [-0.3, -0.25) is 4.79 Å². The maximum Gasteiger partial charge on any atom is 0.231 e. The molecule has 1 heterocycles. The number of nitrogens with zero attached hydrogens (tertiary/aromatic N) is 1. The van der Waals surface area contributed by atoms with Gasteiger partial charge in [0.15, 0.2) is 0 Å². The Morgan fingerprint density at radius 3 is 2.94 bits per heavy atom. The number of nitrogens with one attached hydrogen (secondary N) is 1. The van der Waals surface area contributed by atoms with Crippen LogP contribution in [0.5, 0.6) is 0 Å². The lowest BCUT2D eigenvalue weighted by Crippen LogP contribution is -2.37. The van der Waals surface area contributed by atoms with Gasteiger partial charge in [-0.15, -0.1) is 12.4 Å². The topological polar surface area (TPSA) is 32.3 Å². The Morgan fingerprint density at radius 2 is 2.28 bits per heavy atom. The summed E-state index contributed by atoms with van der Waals surface area (Å²) in [5.74, 6) is 0.158. The van der Waals surface area contributed by atoms with Crippen molar-refractivity contribution in [2.75, 3.05) is 25.0 Å². The van der Waals surface area contributed by atoms with Crippen LogP contribution in [0.15, 0.2) is 18.2 Å². The third-order valence-electron chi connectivity index (χ3n) is 3.17. The number of anilines is 1. The highest BCUT2D eigenvalue weighted by molar-refractivity contribution is 6.32. The number of hydrogen-bond donors (Lipinski definition) is 1. The van der Waals surface area contributed by atoms with E-state index in [1.54, 1.807) is 0 Å². The third kappa shape index (κ3) is 2.79. The normalized spacial score (nSPS) is 14.9. The van der Waals surface area contributed by atoms with Crippen LogP contribution in [0.25, 0.3) is 0 Å². The number of halogens is 2. The number of carbonyl (C=O) groups excluding carboxylic acids is 1. The zero-order valence-electron chi connectivity index (χ0n) is 10.6. The number of hydrogen-bond acceptors (Lipinski definition) is 2. The van der Waals surface area contributed by atoms with Crippen molar-refractivity contribution in [1.82, 2.24) is 5.32 Å². The minimum Gasteiger partial charge on any atom is -0.319 e. The van der Waals surface area contributed by atoms with Crippen LogP contribution in [0.1, 0.15) is 12.5 Å². The summed E-state index contributed by atoms with van der Waals surface area (Å²) < 4.78 is 0. The van der Waals surface area contributed by atoms with Gasteiger partial charge in [0.25, 0.3) is 0 Å². The molecule has 3 nitrogen and oxygen atoms in total. The summed E-state index contributed by atoms with van der Waals surface area (Å²) in [6.07, 6.45) is 0.854. The molecule has 1 unspecified atom stereocenters. The van der Waals surface area contributed by atoms with Gasteiger partial charge in [-0.2, -0.15) is 0 Å². The molecule has 2 rings (SSSR count).